The van der Waals surface area contributed by atoms with E-state index in [9.17, 15) is 18.0 Å². The summed E-state index contributed by atoms with van der Waals surface area (Å²) < 4.78 is 39.9. The summed E-state index contributed by atoms with van der Waals surface area (Å²) in [5.74, 6) is -3.19. The summed E-state index contributed by atoms with van der Waals surface area (Å²) in [6, 6.07) is 7.14. The number of hydrogen-bond donors (Lipinski definition) is 0. The Morgan fingerprint density at radius 3 is 2.00 bits per heavy atom. The fourth-order valence-corrected chi connectivity index (χ4v) is 1.52. The van der Waals surface area contributed by atoms with E-state index in [-0.39, 0.29) is 5.56 Å². The van der Waals surface area contributed by atoms with Crippen LogP contribution in [0.1, 0.15) is 10.4 Å². The van der Waals surface area contributed by atoms with Crippen molar-refractivity contribution < 1.29 is 18.0 Å². The molecule has 2 aromatic rings. The topological polar surface area (TPSA) is 17.1 Å². The van der Waals surface area contributed by atoms with E-state index < -0.39 is 23.0 Å². The summed E-state index contributed by atoms with van der Waals surface area (Å²) >= 11 is 0. The molecule has 0 bridgehead atoms. The highest BCUT2D eigenvalue weighted by Gasteiger charge is 2.15. The molecule has 0 fully saturated rings. The van der Waals surface area contributed by atoms with Gasteiger partial charge < -0.3 is 0 Å². The first-order valence-electron chi connectivity index (χ1n) is 4.82. The van der Waals surface area contributed by atoms with Gasteiger partial charge in [-0.1, -0.05) is 24.3 Å². The quantitative estimate of drug-likeness (QED) is 0.575. The Kier molecular flexibility index (Phi) is 2.95. The zero-order valence-corrected chi connectivity index (χ0v) is 8.58. The fraction of sp³-hybridized carbons (Fsp3) is 0. The van der Waals surface area contributed by atoms with E-state index in [1.807, 2.05) is 0 Å². The molecule has 0 unspecified atom stereocenters. The lowest BCUT2D eigenvalue weighted by molar-refractivity contribution is 0.112. The monoisotopic (exact) mass is 236 g/mol. The minimum Gasteiger partial charge on any atom is -0.298 e. The summed E-state index contributed by atoms with van der Waals surface area (Å²) in [4.78, 5) is 10.4. The molecule has 4 heteroatoms. The third kappa shape index (κ3) is 2.06. The Hall–Kier alpha value is -2.10. The number of hydrogen-bond acceptors (Lipinski definition) is 1. The van der Waals surface area contributed by atoms with Gasteiger partial charge in [0.05, 0.1) is 5.56 Å². The zero-order chi connectivity index (χ0) is 12.4. The molecule has 0 aliphatic heterocycles. The van der Waals surface area contributed by atoms with Crippen molar-refractivity contribution in [3.05, 3.63) is 59.4 Å². The average molecular weight is 236 g/mol. The van der Waals surface area contributed by atoms with Crippen molar-refractivity contribution in [2.24, 2.45) is 0 Å². The Bertz CT molecular complexity index is 562. The first-order valence-corrected chi connectivity index (χ1v) is 4.82. The number of rotatable bonds is 2. The van der Waals surface area contributed by atoms with Crippen molar-refractivity contribution in [3.63, 3.8) is 0 Å². The Balaban J connectivity index is 2.59. The van der Waals surface area contributed by atoms with Crippen LogP contribution in [-0.2, 0) is 0 Å². The summed E-state index contributed by atoms with van der Waals surface area (Å²) in [7, 11) is 0. The lowest BCUT2D eigenvalue weighted by atomic mass is 10.0. The highest BCUT2D eigenvalue weighted by molar-refractivity contribution is 5.77. The van der Waals surface area contributed by atoms with E-state index in [2.05, 4.69) is 0 Å². The first-order chi connectivity index (χ1) is 8.13. The van der Waals surface area contributed by atoms with Crippen molar-refractivity contribution in [2.75, 3.05) is 0 Å². The van der Waals surface area contributed by atoms with Gasteiger partial charge in [-0.3, -0.25) is 4.79 Å². The molecule has 0 aromatic heterocycles. The minimum atomic E-state index is -1.23. The predicted octanol–water partition coefficient (Wildman–Crippen LogP) is 3.58. The van der Waals surface area contributed by atoms with Crippen LogP contribution in [0.4, 0.5) is 13.2 Å². The number of carbonyl (C=O) groups excluding carboxylic acids is 1. The van der Waals surface area contributed by atoms with E-state index in [4.69, 9.17) is 0 Å². The molecular formula is C13H7F3O. The van der Waals surface area contributed by atoms with E-state index in [0.29, 0.717) is 11.8 Å². The van der Waals surface area contributed by atoms with Crippen LogP contribution in [0.2, 0.25) is 0 Å². The Morgan fingerprint density at radius 2 is 1.41 bits per heavy atom. The van der Waals surface area contributed by atoms with Gasteiger partial charge in [-0.2, -0.15) is 0 Å². The van der Waals surface area contributed by atoms with Crippen LogP contribution in [0.25, 0.3) is 11.1 Å². The van der Waals surface area contributed by atoms with Gasteiger partial charge in [0.25, 0.3) is 0 Å². The van der Waals surface area contributed by atoms with Gasteiger partial charge >= 0.3 is 0 Å². The van der Waals surface area contributed by atoms with Gasteiger partial charge in [-0.25, -0.2) is 13.2 Å². The molecule has 0 saturated heterocycles. The molecule has 0 aliphatic rings. The van der Waals surface area contributed by atoms with Gasteiger partial charge in [0, 0.05) is 5.56 Å². The standard InChI is InChI=1S/C13H7F3O/c14-10-5-6-11(15)13(16)12(10)9-3-1-8(7-17)2-4-9/h1-7H. The van der Waals surface area contributed by atoms with E-state index in [1.54, 1.807) is 0 Å². The second kappa shape index (κ2) is 4.41. The second-order valence-corrected chi connectivity index (χ2v) is 3.46. The van der Waals surface area contributed by atoms with Crippen LogP contribution in [0, 0.1) is 17.5 Å². The molecule has 0 spiro atoms. The zero-order valence-electron chi connectivity index (χ0n) is 8.58. The molecular weight excluding hydrogens is 229 g/mol. The summed E-state index contributed by atoms with van der Waals surface area (Å²) in [5.41, 5.74) is 0.138. The molecule has 0 aliphatic carbocycles. The Morgan fingerprint density at radius 1 is 0.824 bits per heavy atom. The van der Waals surface area contributed by atoms with Gasteiger partial charge in [-0.15, -0.1) is 0 Å². The fourth-order valence-electron chi connectivity index (χ4n) is 1.52. The SMILES string of the molecule is O=Cc1ccc(-c2c(F)ccc(F)c2F)cc1. The van der Waals surface area contributed by atoms with Crippen molar-refractivity contribution in [3.8, 4) is 11.1 Å². The number of benzene rings is 2. The number of aldehydes is 1. The summed E-state index contributed by atoms with van der Waals surface area (Å²) in [6.45, 7) is 0. The smallest absolute Gasteiger partial charge is 0.169 e. The van der Waals surface area contributed by atoms with Crippen LogP contribution in [0.5, 0.6) is 0 Å². The molecule has 2 rings (SSSR count). The Labute approximate surface area is 95.5 Å². The maximum absolute atomic E-state index is 13.4. The third-order valence-corrected chi connectivity index (χ3v) is 2.38. The highest BCUT2D eigenvalue weighted by Crippen LogP contribution is 2.27. The normalized spacial score (nSPS) is 10.3. The van der Waals surface area contributed by atoms with E-state index in [1.165, 1.54) is 24.3 Å². The van der Waals surface area contributed by atoms with Crippen LogP contribution < -0.4 is 0 Å². The van der Waals surface area contributed by atoms with Crippen LogP contribution in [0.15, 0.2) is 36.4 Å². The van der Waals surface area contributed by atoms with Crippen molar-refractivity contribution >= 4 is 6.29 Å². The van der Waals surface area contributed by atoms with Gasteiger partial charge in [-0.05, 0) is 17.7 Å². The van der Waals surface area contributed by atoms with Crippen LogP contribution in [-0.4, -0.2) is 6.29 Å². The lowest BCUT2D eigenvalue weighted by Crippen LogP contribution is -1.94. The molecule has 17 heavy (non-hydrogen) atoms. The predicted molar refractivity (Wildman–Crippen MR) is 57.1 cm³/mol. The molecule has 0 saturated carbocycles. The largest absolute Gasteiger partial charge is 0.298 e. The van der Waals surface area contributed by atoms with E-state index in [0.717, 1.165) is 12.1 Å². The molecule has 0 N–H and O–H groups in total. The third-order valence-electron chi connectivity index (χ3n) is 2.38. The van der Waals surface area contributed by atoms with Crippen molar-refractivity contribution in [1.82, 2.24) is 0 Å². The number of carbonyl (C=O) groups is 1. The van der Waals surface area contributed by atoms with Crippen LogP contribution >= 0.6 is 0 Å². The number of halogens is 3. The molecule has 1 nitrogen and oxygen atoms in total. The average Bonchev–Trinajstić information content (AvgIpc) is 2.35. The maximum atomic E-state index is 13.4. The summed E-state index contributed by atoms with van der Waals surface area (Å²) in [5, 5.41) is 0. The molecule has 0 radical (unpaired) electrons. The molecule has 0 heterocycles. The van der Waals surface area contributed by atoms with Gasteiger partial charge in [0.1, 0.15) is 12.1 Å². The maximum Gasteiger partial charge on any atom is 0.169 e. The molecule has 2 aromatic carbocycles. The molecule has 0 amide bonds. The second-order valence-electron chi connectivity index (χ2n) is 3.46. The highest BCUT2D eigenvalue weighted by atomic mass is 19.2. The van der Waals surface area contributed by atoms with Gasteiger partial charge in [0.2, 0.25) is 0 Å². The first kappa shape index (κ1) is 11.4. The summed E-state index contributed by atoms with van der Waals surface area (Å²) in [6.07, 6.45) is 0.613. The lowest BCUT2D eigenvalue weighted by Gasteiger charge is -2.06. The van der Waals surface area contributed by atoms with Crippen molar-refractivity contribution in [1.29, 1.82) is 0 Å². The van der Waals surface area contributed by atoms with Crippen molar-refractivity contribution in [2.45, 2.75) is 0 Å². The van der Waals surface area contributed by atoms with Gasteiger partial charge in [0.15, 0.2) is 11.6 Å². The minimum absolute atomic E-state index is 0.185. The van der Waals surface area contributed by atoms with Crippen LogP contribution in [0.3, 0.4) is 0 Å². The molecule has 0 atom stereocenters. The molecule has 86 valence electrons. The van der Waals surface area contributed by atoms with E-state index >= 15 is 0 Å².